The molecule has 1 unspecified atom stereocenters. The highest BCUT2D eigenvalue weighted by atomic mass is 35.5. The Kier molecular flexibility index (Phi) is 6.01. The summed E-state index contributed by atoms with van der Waals surface area (Å²) in [5, 5.41) is 4.90. The monoisotopic (exact) mass is 401 g/mol. The van der Waals surface area contributed by atoms with Gasteiger partial charge in [0.15, 0.2) is 0 Å². The van der Waals surface area contributed by atoms with Crippen molar-refractivity contribution in [3.8, 4) is 0 Å². The van der Waals surface area contributed by atoms with Gasteiger partial charge in [-0.1, -0.05) is 24.3 Å². The average molecular weight is 402 g/mol. The van der Waals surface area contributed by atoms with Gasteiger partial charge >= 0.3 is 0 Å². The van der Waals surface area contributed by atoms with Crippen molar-refractivity contribution in [2.24, 2.45) is 0 Å². The van der Waals surface area contributed by atoms with Crippen LogP contribution in [0.1, 0.15) is 40.5 Å². The number of benzene rings is 2. The zero-order valence-electron chi connectivity index (χ0n) is 15.8. The number of carbonyl (C=O) groups excluding carboxylic acids is 3. The van der Waals surface area contributed by atoms with Gasteiger partial charge in [0.1, 0.15) is 0 Å². The minimum Gasteiger partial charge on any atom is -0.337 e. The molecule has 2 aromatic carbocycles. The van der Waals surface area contributed by atoms with E-state index in [2.05, 4.69) is 5.32 Å². The van der Waals surface area contributed by atoms with E-state index >= 15 is 0 Å². The predicted molar refractivity (Wildman–Crippen MR) is 110 cm³/mol. The molecule has 2 heterocycles. The van der Waals surface area contributed by atoms with E-state index in [9.17, 15) is 14.4 Å². The molecule has 0 bridgehead atoms. The molecule has 4 rings (SSSR count). The van der Waals surface area contributed by atoms with Crippen LogP contribution in [0.15, 0.2) is 36.4 Å². The maximum Gasteiger partial charge on any atom is 0.261 e. The molecule has 0 aromatic heterocycles. The van der Waals surface area contributed by atoms with Crippen LogP contribution in [0, 0.1) is 0 Å². The lowest BCUT2D eigenvalue weighted by Crippen LogP contribution is -2.52. The molecule has 2 aliphatic heterocycles. The molecule has 7 heteroatoms. The van der Waals surface area contributed by atoms with Crippen molar-refractivity contribution in [2.45, 2.75) is 25.8 Å². The Balaban J connectivity index is 0.00000225. The lowest BCUT2D eigenvalue weighted by molar-refractivity contribution is -0.134. The second-order valence-electron chi connectivity index (χ2n) is 7.22. The van der Waals surface area contributed by atoms with Crippen LogP contribution in [0.3, 0.4) is 0 Å². The molecular weight excluding hydrogens is 378 g/mol. The van der Waals surface area contributed by atoms with Gasteiger partial charge in [0.2, 0.25) is 5.91 Å². The van der Waals surface area contributed by atoms with Crippen LogP contribution >= 0.6 is 12.4 Å². The Hall–Kier alpha value is -2.44. The van der Waals surface area contributed by atoms with E-state index in [4.69, 9.17) is 0 Å². The highest BCUT2D eigenvalue weighted by Gasteiger charge is 2.32. The minimum atomic E-state index is -0.271. The second-order valence-corrected chi connectivity index (χ2v) is 7.22. The molecule has 28 heavy (non-hydrogen) atoms. The largest absolute Gasteiger partial charge is 0.337 e. The van der Waals surface area contributed by atoms with E-state index in [1.807, 2.05) is 36.1 Å². The third-order valence-electron chi connectivity index (χ3n) is 5.45. The maximum atomic E-state index is 12.8. The van der Waals surface area contributed by atoms with Crippen LogP contribution in [0.5, 0.6) is 0 Å². The maximum absolute atomic E-state index is 12.8. The molecule has 1 saturated heterocycles. The van der Waals surface area contributed by atoms with Gasteiger partial charge in [-0.2, -0.15) is 0 Å². The molecule has 0 saturated carbocycles. The molecule has 1 atom stereocenters. The third-order valence-corrected chi connectivity index (χ3v) is 5.45. The number of amides is 3. The first-order valence-electron chi connectivity index (χ1n) is 9.46. The fraction of sp³-hybridized carbons (Fsp3) is 0.381. The van der Waals surface area contributed by atoms with Gasteiger partial charge in [-0.3, -0.25) is 19.3 Å². The molecule has 2 aromatic rings. The summed E-state index contributed by atoms with van der Waals surface area (Å²) in [6.07, 6.45) is 0.818. The van der Waals surface area contributed by atoms with Gasteiger partial charge in [-0.25, -0.2) is 0 Å². The van der Waals surface area contributed by atoms with Gasteiger partial charge in [-0.05, 0) is 30.9 Å². The van der Waals surface area contributed by atoms with Crippen molar-refractivity contribution in [2.75, 3.05) is 26.2 Å². The number of rotatable bonds is 4. The lowest BCUT2D eigenvalue weighted by Gasteiger charge is -2.34. The van der Waals surface area contributed by atoms with Crippen molar-refractivity contribution >= 4 is 40.9 Å². The predicted octanol–water partition coefficient (Wildman–Crippen LogP) is 2.46. The summed E-state index contributed by atoms with van der Waals surface area (Å²) in [5.74, 6) is -0.456. The van der Waals surface area contributed by atoms with E-state index in [-0.39, 0.29) is 42.7 Å². The average Bonchev–Trinajstić information content (AvgIpc) is 2.68. The van der Waals surface area contributed by atoms with Gasteiger partial charge < -0.3 is 10.2 Å². The summed E-state index contributed by atoms with van der Waals surface area (Å²) < 4.78 is 0. The van der Waals surface area contributed by atoms with E-state index in [1.54, 1.807) is 12.1 Å². The Labute approximate surface area is 170 Å². The molecule has 3 amide bonds. The number of nitrogens with one attached hydrogen (secondary N) is 1. The van der Waals surface area contributed by atoms with E-state index in [0.717, 1.165) is 23.9 Å². The first-order valence-corrected chi connectivity index (χ1v) is 9.46. The van der Waals surface area contributed by atoms with Crippen molar-refractivity contribution in [1.82, 2.24) is 15.1 Å². The van der Waals surface area contributed by atoms with Crippen LogP contribution in [0.25, 0.3) is 10.8 Å². The molecule has 148 valence electrons. The van der Waals surface area contributed by atoms with Gasteiger partial charge in [0.25, 0.3) is 11.8 Å². The molecule has 0 spiro atoms. The number of hydrogen-bond acceptors (Lipinski definition) is 4. The minimum absolute atomic E-state index is 0. The SMILES string of the molecule is CC1CNCCN1C(=O)CCCN1C(=O)c2cccc3cccc(c23)C1=O.Cl. The molecule has 2 aliphatic rings. The van der Waals surface area contributed by atoms with E-state index in [1.165, 1.54) is 4.90 Å². The van der Waals surface area contributed by atoms with Crippen molar-refractivity contribution in [1.29, 1.82) is 0 Å². The second kappa shape index (κ2) is 8.29. The first-order chi connectivity index (χ1) is 13.1. The Morgan fingerprint density at radius 3 is 2.36 bits per heavy atom. The first kappa shape index (κ1) is 20.3. The quantitative estimate of drug-likeness (QED) is 0.799. The van der Waals surface area contributed by atoms with E-state index in [0.29, 0.717) is 30.5 Å². The molecule has 1 N–H and O–H groups in total. The molecule has 0 radical (unpaired) electrons. The third kappa shape index (κ3) is 3.50. The number of nitrogens with zero attached hydrogens (tertiary/aromatic N) is 2. The number of piperazine rings is 1. The summed E-state index contributed by atoms with van der Waals surface area (Å²) >= 11 is 0. The van der Waals surface area contributed by atoms with Crippen molar-refractivity contribution in [3.63, 3.8) is 0 Å². The molecule has 0 aliphatic carbocycles. The number of hydrogen-bond donors (Lipinski definition) is 1. The van der Waals surface area contributed by atoms with Gasteiger partial charge in [0, 0.05) is 55.2 Å². The van der Waals surface area contributed by atoms with Crippen LogP contribution in [0.2, 0.25) is 0 Å². The number of imide groups is 1. The van der Waals surface area contributed by atoms with Crippen LogP contribution in [-0.2, 0) is 4.79 Å². The highest BCUT2D eigenvalue weighted by molar-refractivity contribution is 6.25. The van der Waals surface area contributed by atoms with Crippen molar-refractivity contribution in [3.05, 3.63) is 47.5 Å². The topological polar surface area (TPSA) is 69.7 Å². The standard InChI is InChI=1S/C21H23N3O3.ClH/c1-14-13-22-10-12-23(14)18(25)9-4-11-24-20(26)16-7-2-5-15-6-3-8-17(19(15)16)21(24)27;/h2-3,5-8,14,22H,4,9-13H2,1H3;1H. The summed E-state index contributed by atoms with van der Waals surface area (Å²) in [6.45, 7) is 4.60. The zero-order valence-corrected chi connectivity index (χ0v) is 16.6. The summed E-state index contributed by atoms with van der Waals surface area (Å²) in [4.78, 5) is 41.3. The smallest absolute Gasteiger partial charge is 0.261 e. The Morgan fingerprint density at radius 2 is 1.75 bits per heavy atom. The van der Waals surface area contributed by atoms with Crippen LogP contribution < -0.4 is 5.32 Å². The van der Waals surface area contributed by atoms with Crippen LogP contribution in [-0.4, -0.2) is 59.7 Å². The summed E-state index contributed by atoms with van der Waals surface area (Å²) in [6, 6.07) is 11.2. The lowest BCUT2D eigenvalue weighted by atomic mass is 9.94. The number of halogens is 1. The van der Waals surface area contributed by atoms with Gasteiger partial charge in [0.05, 0.1) is 0 Å². The van der Waals surface area contributed by atoms with Gasteiger partial charge in [-0.15, -0.1) is 12.4 Å². The van der Waals surface area contributed by atoms with Crippen LogP contribution in [0.4, 0.5) is 0 Å². The van der Waals surface area contributed by atoms with E-state index < -0.39 is 0 Å². The van der Waals surface area contributed by atoms with Crippen molar-refractivity contribution < 1.29 is 14.4 Å². The molecule has 1 fully saturated rings. The Bertz CT molecular complexity index is 880. The fourth-order valence-electron chi connectivity index (χ4n) is 4.03. The highest BCUT2D eigenvalue weighted by Crippen LogP contribution is 2.30. The number of carbonyl (C=O) groups is 3. The Morgan fingerprint density at radius 1 is 1.11 bits per heavy atom. The molecular formula is C21H24ClN3O3. The fourth-order valence-corrected chi connectivity index (χ4v) is 4.03. The summed E-state index contributed by atoms with van der Waals surface area (Å²) in [7, 11) is 0. The molecule has 6 nitrogen and oxygen atoms in total. The zero-order chi connectivity index (χ0) is 19.0. The summed E-state index contributed by atoms with van der Waals surface area (Å²) in [5.41, 5.74) is 1.12. The normalized spacial score (nSPS) is 19.0.